The van der Waals surface area contributed by atoms with E-state index in [0.717, 1.165) is 16.4 Å². The number of fused-ring (bicyclic) bond motifs is 1. The molecule has 2 aromatic rings. The van der Waals surface area contributed by atoms with Gasteiger partial charge < -0.3 is 5.32 Å². The van der Waals surface area contributed by atoms with Gasteiger partial charge in [0, 0.05) is 11.9 Å². The molecule has 0 radical (unpaired) electrons. The summed E-state index contributed by atoms with van der Waals surface area (Å²) >= 11 is 3.18. The van der Waals surface area contributed by atoms with E-state index in [4.69, 9.17) is 0 Å². The number of carbonyl (C=O) groups excluding carboxylic acids is 1. The van der Waals surface area contributed by atoms with Crippen molar-refractivity contribution in [3.05, 3.63) is 30.1 Å². The van der Waals surface area contributed by atoms with Crippen molar-refractivity contribution in [2.24, 2.45) is 0 Å². The second-order valence-electron chi connectivity index (χ2n) is 4.85. The van der Waals surface area contributed by atoms with E-state index in [9.17, 15) is 10.1 Å². The molecule has 108 valence electrons. The first-order valence-corrected chi connectivity index (χ1v) is 8.90. The highest BCUT2D eigenvalue weighted by Crippen LogP contribution is 2.28. The van der Waals surface area contributed by atoms with Gasteiger partial charge >= 0.3 is 0 Å². The van der Waals surface area contributed by atoms with Gasteiger partial charge in [0.15, 0.2) is 10.9 Å². The fraction of sp³-hybridized carbons (Fsp3) is 0.357. The normalized spacial score (nSPS) is 21.3. The van der Waals surface area contributed by atoms with Crippen LogP contribution < -0.4 is 5.32 Å². The number of carbonyl (C=O) groups is 1. The Hall–Kier alpha value is -1.65. The quantitative estimate of drug-likeness (QED) is 0.879. The van der Waals surface area contributed by atoms with Gasteiger partial charge in [0.25, 0.3) is 5.91 Å². The Bertz CT molecular complexity index is 728. The van der Waals surface area contributed by atoms with Crippen molar-refractivity contribution < 1.29 is 4.79 Å². The molecule has 1 aliphatic rings. The van der Waals surface area contributed by atoms with Crippen molar-refractivity contribution in [2.75, 3.05) is 17.8 Å². The van der Waals surface area contributed by atoms with Crippen LogP contribution >= 0.6 is 23.5 Å². The molecule has 1 fully saturated rings. The Labute approximate surface area is 131 Å². The van der Waals surface area contributed by atoms with Crippen molar-refractivity contribution in [2.45, 2.75) is 17.1 Å². The van der Waals surface area contributed by atoms with Crippen LogP contribution in [0.1, 0.15) is 16.9 Å². The van der Waals surface area contributed by atoms with Gasteiger partial charge in [-0.25, -0.2) is 4.98 Å². The molecule has 3 rings (SSSR count). The molecule has 0 spiro atoms. The summed E-state index contributed by atoms with van der Waals surface area (Å²) in [5.41, 5.74) is 0.385. The second-order valence-corrected chi connectivity index (χ2v) is 6.73. The molecule has 5 nitrogen and oxygen atoms in total. The Morgan fingerprint density at radius 3 is 3.14 bits per heavy atom. The Kier molecular flexibility index (Phi) is 3.83. The number of rotatable bonds is 3. The molecule has 0 aliphatic carbocycles. The molecule has 21 heavy (non-hydrogen) atoms. The first kappa shape index (κ1) is 14.3. The first-order chi connectivity index (χ1) is 10.2. The van der Waals surface area contributed by atoms with Crippen LogP contribution in [0.4, 0.5) is 0 Å². The number of nitrogens with zero attached hydrogens (tertiary/aromatic N) is 3. The summed E-state index contributed by atoms with van der Waals surface area (Å²) in [5.74, 6) is 1.26. The van der Waals surface area contributed by atoms with Crippen LogP contribution in [0.15, 0.2) is 29.6 Å². The molecule has 1 amide bonds. The predicted octanol–water partition coefficient (Wildman–Crippen LogP) is 2.19. The van der Waals surface area contributed by atoms with Gasteiger partial charge in [-0.3, -0.25) is 9.20 Å². The van der Waals surface area contributed by atoms with Crippen LogP contribution in [0.5, 0.6) is 0 Å². The maximum absolute atomic E-state index is 12.6. The third-order valence-corrected chi connectivity index (χ3v) is 5.34. The maximum Gasteiger partial charge on any atom is 0.273 e. The lowest BCUT2D eigenvalue weighted by atomic mass is 10.0. The number of nitriles is 1. The van der Waals surface area contributed by atoms with Gasteiger partial charge in [-0.15, -0.1) is 0 Å². The van der Waals surface area contributed by atoms with E-state index in [1.54, 1.807) is 11.8 Å². The molecule has 1 N–H and O–H groups in total. The summed E-state index contributed by atoms with van der Waals surface area (Å²) in [7, 11) is 0. The molecular formula is C14H14N4OS2. The van der Waals surface area contributed by atoms with E-state index >= 15 is 0 Å². The Balaban J connectivity index is 1.97. The summed E-state index contributed by atoms with van der Waals surface area (Å²) in [6.45, 7) is 0. The lowest BCUT2D eigenvalue weighted by Crippen LogP contribution is -2.47. The van der Waals surface area contributed by atoms with Crippen LogP contribution in [0.2, 0.25) is 0 Å². The average Bonchev–Trinajstić information content (AvgIpc) is 3.12. The number of imidazole rings is 1. The standard InChI is InChI=1S/C14H14N4OS2/c1-20-13-16-11(10-4-2-3-6-18(10)13)12(19)17-14(8-15)5-7-21-9-14/h2-4,6H,5,7,9H2,1H3,(H,17,19). The zero-order chi connectivity index (χ0) is 14.9. The lowest BCUT2D eigenvalue weighted by molar-refractivity contribution is 0.0923. The average molecular weight is 318 g/mol. The topological polar surface area (TPSA) is 70.2 Å². The SMILES string of the molecule is CSc1nc(C(=O)NC2(C#N)CCSC2)c2ccccn12. The molecule has 0 saturated carbocycles. The van der Waals surface area contributed by atoms with E-state index < -0.39 is 5.54 Å². The van der Waals surface area contributed by atoms with Crippen LogP contribution in [0.3, 0.4) is 0 Å². The zero-order valence-electron chi connectivity index (χ0n) is 11.5. The van der Waals surface area contributed by atoms with Crippen LogP contribution in [-0.4, -0.2) is 38.6 Å². The fourth-order valence-corrected chi connectivity index (χ4v) is 4.18. The minimum Gasteiger partial charge on any atom is -0.332 e. The largest absolute Gasteiger partial charge is 0.332 e. The zero-order valence-corrected chi connectivity index (χ0v) is 13.1. The number of thioether (sulfide) groups is 2. The number of pyridine rings is 1. The van der Waals surface area contributed by atoms with Crippen LogP contribution in [0.25, 0.3) is 5.52 Å². The molecule has 3 heterocycles. The van der Waals surface area contributed by atoms with Gasteiger partial charge in [-0.2, -0.15) is 17.0 Å². The molecule has 1 saturated heterocycles. The fourth-order valence-electron chi connectivity index (χ4n) is 2.38. The van der Waals surface area contributed by atoms with Crippen molar-refractivity contribution in [3.63, 3.8) is 0 Å². The highest BCUT2D eigenvalue weighted by atomic mass is 32.2. The lowest BCUT2D eigenvalue weighted by Gasteiger charge is -2.20. The second kappa shape index (κ2) is 5.62. The predicted molar refractivity (Wildman–Crippen MR) is 84.7 cm³/mol. The summed E-state index contributed by atoms with van der Waals surface area (Å²) in [4.78, 5) is 17.0. The Morgan fingerprint density at radius 1 is 1.62 bits per heavy atom. The molecule has 1 aliphatic heterocycles. The molecule has 1 unspecified atom stereocenters. The number of amides is 1. The molecule has 0 aromatic carbocycles. The molecular weight excluding hydrogens is 304 g/mol. The van der Waals surface area contributed by atoms with Gasteiger partial charge in [0.2, 0.25) is 0 Å². The Morgan fingerprint density at radius 2 is 2.48 bits per heavy atom. The molecule has 0 bridgehead atoms. The minimum absolute atomic E-state index is 0.275. The van der Waals surface area contributed by atoms with Crippen molar-refractivity contribution in [3.8, 4) is 6.07 Å². The first-order valence-electron chi connectivity index (χ1n) is 6.52. The van der Waals surface area contributed by atoms with Gasteiger partial charge in [-0.1, -0.05) is 17.8 Å². The van der Waals surface area contributed by atoms with Crippen LogP contribution in [-0.2, 0) is 0 Å². The van der Waals surface area contributed by atoms with Crippen molar-refractivity contribution in [1.82, 2.24) is 14.7 Å². The van der Waals surface area contributed by atoms with Crippen molar-refractivity contribution >= 4 is 34.9 Å². The van der Waals surface area contributed by atoms with Crippen LogP contribution in [0, 0.1) is 11.3 Å². The van der Waals surface area contributed by atoms with Gasteiger partial charge in [0.1, 0.15) is 5.54 Å². The monoisotopic (exact) mass is 318 g/mol. The summed E-state index contributed by atoms with van der Waals surface area (Å²) in [6, 6.07) is 7.90. The van der Waals surface area contributed by atoms with E-state index in [1.165, 1.54) is 11.8 Å². The third kappa shape index (κ3) is 2.49. The third-order valence-electron chi connectivity index (χ3n) is 3.50. The smallest absolute Gasteiger partial charge is 0.273 e. The molecule has 1 atom stereocenters. The number of nitrogens with one attached hydrogen (secondary N) is 1. The summed E-state index contributed by atoms with van der Waals surface area (Å²) in [6.07, 6.45) is 4.49. The van der Waals surface area contributed by atoms with E-state index in [2.05, 4.69) is 16.4 Å². The minimum atomic E-state index is -0.758. The van der Waals surface area contributed by atoms with Gasteiger partial charge in [-0.05, 0) is 30.6 Å². The highest BCUT2D eigenvalue weighted by Gasteiger charge is 2.37. The number of hydrogen-bond donors (Lipinski definition) is 1. The van der Waals surface area contributed by atoms with Gasteiger partial charge in [0.05, 0.1) is 11.6 Å². The highest BCUT2D eigenvalue weighted by molar-refractivity contribution is 7.99. The van der Waals surface area contributed by atoms with E-state index in [1.807, 2.05) is 35.1 Å². The van der Waals surface area contributed by atoms with Crippen molar-refractivity contribution in [1.29, 1.82) is 5.26 Å². The van der Waals surface area contributed by atoms with E-state index in [-0.39, 0.29) is 5.91 Å². The molecule has 7 heteroatoms. The van der Waals surface area contributed by atoms with E-state index in [0.29, 0.717) is 17.9 Å². The molecule has 2 aromatic heterocycles. The number of hydrogen-bond acceptors (Lipinski definition) is 5. The maximum atomic E-state index is 12.6. The number of aromatic nitrogens is 2. The summed E-state index contributed by atoms with van der Waals surface area (Å²) in [5, 5.41) is 13.0. The summed E-state index contributed by atoms with van der Waals surface area (Å²) < 4.78 is 1.89.